The molecule has 17 heavy (non-hydrogen) atoms. The van der Waals surface area contributed by atoms with E-state index in [1.165, 1.54) is 0 Å². The molecular weight excluding hydrogens is 236 g/mol. The van der Waals surface area contributed by atoms with Gasteiger partial charge in [-0.2, -0.15) is 5.26 Å². The van der Waals surface area contributed by atoms with Crippen LogP contribution in [0.15, 0.2) is 18.2 Å². The van der Waals surface area contributed by atoms with E-state index in [0.717, 1.165) is 24.8 Å². The van der Waals surface area contributed by atoms with Crippen LogP contribution >= 0.6 is 11.6 Å². The Morgan fingerprint density at radius 3 is 2.76 bits per heavy atom. The van der Waals surface area contributed by atoms with Crippen molar-refractivity contribution < 1.29 is 5.11 Å². The lowest BCUT2D eigenvalue weighted by Gasteiger charge is -2.36. The summed E-state index contributed by atoms with van der Waals surface area (Å²) in [5, 5.41) is 22.4. The van der Waals surface area contributed by atoms with Gasteiger partial charge in [-0.05, 0) is 37.0 Å². The third kappa shape index (κ3) is 2.98. The molecule has 1 aromatic carbocycles. The highest BCUT2D eigenvalue weighted by Crippen LogP contribution is 2.30. The van der Waals surface area contributed by atoms with E-state index in [-0.39, 0.29) is 0 Å². The Hall–Kier alpha value is -1.08. The van der Waals surface area contributed by atoms with Gasteiger partial charge in [-0.3, -0.25) is 0 Å². The van der Waals surface area contributed by atoms with Crippen LogP contribution in [0.5, 0.6) is 0 Å². The van der Waals surface area contributed by atoms with E-state index >= 15 is 0 Å². The molecule has 3 nitrogen and oxygen atoms in total. The minimum Gasteiger partial charge on any atom is -0.389 e. The van der Waals surface area contributed by atoms with Gasteiger partial charge in [0.15, 0.2) is 0 Å². The third-order valence-corrected chi connectivity index (χ3v) is 3.59. The van der Waals surface area contributed by atoms with Crippen molar-refractivity contribution in [2.24, 2.45) is 0 Å². The minimum atomic E-state index is -0.515. The summed E-state index contributed by atoms with van der Waals surface area (Å²) in [4.78, 5) is 0. The monoisotopic (exact) mass is 250 g/mol. The number of nitriles is 1. The molecule has 0 spiro atoms. The molecule has 0 aromatic heterocycles. The van der Waals surface area contributed by atoms with Crippen molar-refractivity contribution in [3.63, 3.8) is 0 Å². The van der Waals surface area contributed by atoms with Gasteiger partial charge in [0, 0.05) is 18.1 Å². The van der Waals surface area contributed by atoms with Crippen molar-refractivity contribution in [3.8, 4) is 6.07 Å². The Kier molecular flexibility index (Phi) is 3.68. The van der Waals surface area contributed by atoms with Crippen LogP contribution in [0, 0.1) is 11.3 Å². The van der Waals surface area contributed by atoms with Crippen LogP contribution in [0.2, 0.25) is 5.02 Å². The molecule has 0 aliphatic heterocycles. The molecule has 0 bridgehead atoms. The molecule has 1 aliphatic rings. The van der Waals surface area contributed by atoms with Gasteiger partial charge < -0.3 is 10.4 Å². The maximum atomic E-state index is 9.90. The lowest BCUT2D eigenvalue weighted by molar-refractivity contribution is -0.0314. The summed E-state index contributed by atoms with van der Waals surface area (Å²) in [6, 6.07) is 7.31. The summed E-state index contributed by atoms with van der Waals surface area (Å²) in [6.07, 6.45) is 2.86. The van der Waals surface area contributed by atoms with Gasteiger partial charge in [0.05, 0.1) is 17.2 Å². The van der Waals surface area contributed by atoms with Crippen molar-refractivity contribution in [2.75, 3.05) is 6.54 Å². The van der Waals surface area contributed by atoms with E-state index in [2.05, 4.69) is 5.32 Å². The summed E-state index contributed by atoms with van der Waals surface area (Å²) < 4.78 is 0. The predicted molar refractivity (Wildman–Crippen MR) is 66.7 cm³/mol. The zero-order chi connectivity index (χ0) is 12.3. The van der Waals surface area contributed by atoms with Crippen LogP contribution in [0.3, 0.4) is 0 Å². The number of halogens is 1. The quantitative estimate of drug-likeness (QED) is 0.862. The van der Waals surface area contributed by atoms with Crippen LogP contribution in [-0.2, 0) is 6.54 Å². The minimum absolute atomic E-state index is 0.515. The molecule has 0 amide bonds. The number of benzene rings is 1. The van der Waals surface area contributed by atoms with Gasteiger partial charge in [-0.1, -0.05) is 17.7 Å². The Morgan fingerprint density at radius 2 is 2.24 bits per heavy atom. The lowest BCUT2D eigenvalue weighted by atomic mass is 9.80. The summed E-state index contributed by atoms with van der Waals surface area (Å²) in [7, 11) is 0. The van der Waals surface area contributed by atoms with Crippen LogP contribution in [0.25, 0.3) is 0 Å². The molecular formula is C13H15ClN2O. The van der Waals surface area contributed by atoms with Crippen molar-refractivity contribution in [1.82, 2.24) is 5.32 Å². The van der Waals surface area contributed by atoms with Gasteiger partial charge >= 0.3 is 0 Å². The number of nitrogens with zero attached hydrogens (tertiary/aromatic N) is 1. The Labute approximate surface area is 106 Å². The van der Waals surface area contributed by atoms with Gasteiger partial charge in [-0.15, -0.1) is 0 Å². The molecule has 4 heteroatoms. The van der Waals surface area contributed by atoms with E-state index in [0.29, 0.717) is 23.7 Å². The number of hydrogen-bond donors (Lipinski definition) is 2. The van der Waals surface area contributed by atoms with Gasteiger partial charge in [0.1, 0.15) is 0 Å². The van der Waals surface area contributed by atoms with Gasteiger partial charge in [0.25, 0.3) is 0 Å². The van der Waals surface area contributed by atoms with Gasteiger partial charge in [0.2, 0.25) is 0 Å². The highest BCUT2D eigenvalue weighted by atomic mass is 35.5. The average molecular weight is 251 g/mol. The van der Waals surface area contributed by atoms with Gasteiger partial charge in [-0.25, -0.2) is 0 Å². The standard InChI is InChI=1S/C13H15ClN2O/c14-12-6-10(7-15)2-3-11(12)8-16-9-13(17)4-1-5-13/h2-3,6,16-17H,1,4-5,8-9H2. The Balaban J connectivity index is 1.89. The van der Waals surface area contributed by atoms with Crippen molar-refractivity contribution in [3.05, 3.63) is 34.3 Å². The molecule has 1 aliphatic carbocycles. The molecule has 2 N–H and O–H groups in total. The molecule has 1 fully saturated rings. The largest absolute Gasteiger partial charge is 0.389 e. The SMILES string of the molecule is N#Cc1ccc(CNCC2(O)CCC2)c(Cl)c1. The van der Waals surface area contributed by atoms with Crippen LogP contribution in [0.4, 0.5) is 0 Å². The lowest BCUT2D eigenvalue weighted by Crippen LogP contribution is -2.45. The second kappa shape index (κ2) is 5.05. The van der Waals surface area contributed by atoms with E-state index in [4.69, 9.17) is 16.9 Å². The first-order valence-electron chi connectivity index (χ1n) is 5.75. The normalized spacial score (nSPS) is 17.2. The van der Waals surface area contributed by atoms with Crippen molar-refractivity contribution in [2.45, 2.75) is 31.4 Å². The molecule has 0 unspecified atom stereocenters. The number of nitrogens with one attached hydrogen (secondary N) is 1. The van der Waals surface area contributed by atoms with E-state index < -0.39 is 5.60 Å². The Morgan fingerprint density at radius 1 is 1.47 bits per heavy atom. The zero-order valence-electron chi connectivity index (χ0n) is 9.54. The fourth-order valence-electron chi connectivity index (χ4n) is 1.95. The number of rotatable bonds is 4. The molecule has 0 saturated heterocycles. The first-order chi connectivity index (χ1) is 8.13. The Bertz CT molecular complexity index is 449. The third-order valence-electron chi connectivity index (χ3n) is 3.24. The van der Waals surface area contributed by atoms with E-state index in [9.17, 15) is 5.11 Å². The molecule has 90 valence electrons. The summed E-state index contributed by atoms with van der Waals surface area (Å²) in [6.45, 7) is 1.22. The summed E-state index contributed by atoms with van der Waals surface area (Å²) >= 11 is 6.05. The van der Waals surface area contributed by atoms with Crippen LogP contribution < -0.4 is 5.32 Å². The van der Waals surface area contributed by atoms with Crippen LogP contribution in [-0.4, -0.2) is 17.3 Å². The number of aliphatic hydroxyl groups is 1. The number of hydrogen-bond acceptors (Lipinski definition) is 3. The zero-order valence-corrected chi connectivity index (χ0v) is 10.3. The summed E-state index contributed by atoms with van der Waals surface area (Å²) in [5.41, 5.74) is 1.00. The molecule has 0 radical (unpaired) electrons. The molecule has 2 rings (SSSR count). The molecule has 1 aromatic rings. The average Bonchev–Trinajstić information content (AvgIpc) is 2.29. The van der Waals surface area contributed by atoms with Crippen molar-refractivity contribution in [1.29, 1.82) is 5.26 Å². The van der Waals surface area contributed by atoms with Crippen LogP contribution in [0.1, 0.15) is 30.4 Å². The van der Waals surface area contributed by atoms with E-state index in [1.807, 2.05) is 12.1 Å². The maximum absolute atomic E-state index is 9.90. The highest BCUT2D eigenvalue weighted by molar-refractivity contribution is 6.31. The highest BCUT2D eigenvalue weighted by Gasteiger charge is 2.33. The fourth-order valence-corrected chi connectivity index (χ4v) is 2.20. The molecule has 0 atom stereocenters. The topological polar surface area (TPSA) is 56.0 Å². The van der Waals surface area contributed by atoms with Crippen molar-refractivity contribution >= 4 is 11.6 Å². The second-order valence-corrected chi connectivity index (χ2v) is 5.01. The summed E-state index contributed by atoms with van der Waals surface area (Å²) in [5.74, 6) is 0. The smallest absolute Gasteiger partial charge is 0.0992 e. The first-order valence-corrected chi connectivity index (χ1v) is 6.12. The first kappa shape index (κ1) is 12.4. The van der Waals surface area contributed by atoms with E-state index in [1.54, 1.807) is 12.1 Å². The maximum Gasteiger partial charge on any atom is 0.0992 e. The second-order valence-electron chi connectivity index (χ2n) is 4.60. The predicted octanol–water partition coefficient (Wildman–Crippen LogP) is 2.22. The fraction of sp³-hybridized carbons (Fsp3) is 0.462. The molecule has 0 heterocycles. The molecule has 1 saturated carbocycles.